The van der Waals surface area contributed by atoms with E-state index in [0.717, 1.165) is 4.57 Å². The molecule has 13 nitrogen and oxygen atoms in total. The van der Waals surface area contributed by atoms with Crippen molar-refractivity contribution < 1.29 is 37.7 Å². The van der Waals surface area contributed by atoms with Gasteiger partial charge in [0.2, 0.25) is 0 Å². The molecule has 0 aliphatic carbocycles. The molecule has 2 aromatic rings. The van der Waals surface area contributed by atoms with E-state index in [9.17, 15) is 19.3 Å². The number of hydrogen-bond donors (Lipinski definition) is 3. The second-order valence-electron chi connectivity index (χ2n) is 9.63. The summed E-state index contributed by atoms with van der Waals surface area (Å²) >= 11 is 0. The Morgan fingerprint density at radius 3 is 2.50 bits per heavy atom. The molecular weight excluding hydrogens is 519 g/mol. The van der Waals surface area contributed by atoms with E-state index < -0.39 is 61.7 Å². The first kappa shape index (κ1) is 29.8. The quantitative estimate of drug-likeness (QED) is 0.273. The zero-order chi connectivity index (χ0) is 28.3. The minimum absolute atomic E-state index is 0.0187. The summed E-state index contributed by atoms with van der Waals surface area (Å²) in [6, 6.07) is 8.57. The van der Waals surface area contributed by atoms with Crippen molar-refractivity contribution in [3.63, 3.8) is 0 Å². The van der Waals surface area contributed by atoms with Gasteiger partial charge in [-0.2, -0.15) is 10.1 Å². The number of ether oxygens (including phenoxy) is 3. The molecule has 4 N–H and O–H groups in total. The van der Waals surface area contributed by atoms with Gasteiger partial charge in [-0.1, -0.05) is 18.2 Å². The van der Waals surface area contributed by atoms with E-state index in [1.807, 2.05) is 0 Å². The Balaban J connectivity index is 1.88. The van der Waals surface area contributed by atoms with Gasteiger partial charge in [0, 0.05) is 13.3 Å². The number of esters is 1. The van der Waals surface area contributed by atoms with Crippen LogP contribution in [0.5, 0.6) is 5.75 Å². The lowest BCUT2D eigenvalue weighted by molar-refractivity contribution is -0.149. The monoisotopic (exact) mass is 554 g/mol. The van der Waals surface area contributed by atoms with Crippen LogP contribution < -0.4 is 21.0 Å². The summed E-state index contributed by atoms with van der Waals surface area (Å²) in [6.07, 6.45) is -1.53. The Hall–Kier alpha value is -2.80. The SMILES string of the molecule is CO[C@@]1(C)[C@H](n2ccc(N)nc2=O)O[C@](C)(CO[P@](=O)(N[C@@H](C)C(=O)OC(C)C)Oc2ccccc2)[C@H]1O. The highest BCUT2D eigenvalue weighted by atomic mass is 31.2. The van der Waals surface area contributed by atoms with Gasteiger partial charge in [-0.05, 0) is 52.8 Å². The summed E-state index contributed by atoms with van der Waals surface area (Å²) in [5, 5.41) is 13.9. The number of methoxy groups -OCH3 is 1. The summed E-state index contributed by atoms with van der Waals surface area (Å²) in [7, 11) is -2.90. The van der Waals surface area contributed by atoms with Gasteiger partial charge in [0.05, 0.1) is 12.7 Å². The largest absolute Gasteiger partial charge is 0.462 e. The number of para-hydroxylation sites is 1. The van der Waals surface area contributed by atoms with Crippen LogP contribution in [0.2, 0.25) is 0 Å². The molecule has 1 saturated heterocycles. The topological polar surface area (TPSA) is 173 Å². The van der Waals surface area contributed by atoms with Crippen LogP contribution in [0, 0.1) is 0 Å². The fourth-order valence-electron chi connectivity index (χ4n) is 3.99. The molecule has 0 saturated carbocycles. The van der Waals surface area contributed by atoms with Crippen molar-refractivity contribution in [1.82, 2.24) is 14.6 Å². The standard InChI is InChI=1S/C24H35N4O9P/c1-15(2)35-19(29)16(3)27-38(32,37-17-10-8-7-9-11-17)34-14-23(4)20(30)24(5,33-6)21(36-23)28-13-12-18(25)26-22(28)31/h7-13,15-16,20-21,30H,14H2,1-6H3,(H,27,32)(H2,25,26,31)/t16-,20+,21+,23+,24+,38+/m0/s1. The number of aliphatic hydroxyl groups is 1. The number of nitrogens with zero attached hydrogens (tertiary/aromatic N) is 2. The lowest BCUT2D eigenvalue weighted by Crippen LogP contribution is -2.51. The van der Waals surface area contributed by atoms with Crippen LogP contribution in [0.25, 0.3) is 0 Å². The molecule has 1 fully saturated rings. The summed E-state index contributed by atoms with van der Waals surface area (Å²) in [5.41, 5.74) is 1.90. The molecule has 2 heterocycles. The van der Waals surface area contributed by atoms with Crippen molar-refractivity contribution in [2.45, 2.75) is 70.3 Å². The minimum Gasteiger partial charge on any atom is -0.462 e. The van der Waals surface area contributed by atoms with E-state index in [2.05, 4.69) is 10.1 Å². The lowest BCUT2D eigenvalue weighted by Gasteiger charge is -2.33. The first-order valence-electron chi connectivity index (χ1n) is 12.0. The van der Waals surface area contributed by atoms with Gasteiger partial charge < -0.3 is 29.6 Å². The number of anilines is 1. The van der Waals surface area contributed by atoms with Crippen LogP contribution in [0.15, 0.2) is 47.4 Å². The maximum Gasteiger partial charge on any atom is 0.459 e. The van der Waals surface area contributed by atoms with Crippen molar-refractivity contribution in [3.8, 4) is 5.75 Å². The normalized spacial score (nSPS) is 27.6. The Bertz CT molecular complexity index is 1230. The third-order valence-electron chi connectivity index (χ3n) is 6.08. The number of hydrogen-bond acceptors (Lipinski definition) is 11. The number of carbonyl (C=O) groups excluding carboxylic acids is 1. The molecule has 6 atom stereocenters. The van der Waals surface area contributed by atoms with Gasteiger partial charge in [0.15, 0.2) is 6.23 Å². The number of nitrogen functional groups attached to an aromatic ring is 1. The summed E-state index contributed by atoms with van der Waals surface area (Å²) in [5.74, 6) is -0.429. The van der Waals surface area contributed by atoms with Crippen molar-refractivity contribution >= 4 is 19.5 Å². The van der Waals surface area contributed by atoms with Crippen LogP contribution in [0.4, 0.5) is 5.82 Å². The maximum absolute atomic E-state index is 13.9. The maximum atomic E-state index is 13.9. The van der Waals surface area contributed by atoms with E-state index in [4.69, 9.17) is 29.0 Å². The second kappa shape index (κ2) is 11.5. The molecular formula is C24H35N4O9P. The van der Waals surface area contributed by atoms with Crippen LogP contribution in [0.1, 0.15) is 40.8 Å². The average molecular weight is 555 g/mol. The zero-order valence-corrected chi connectivity index (χ0v) is 23.1. The summed E-state index contributed by atoms with van der Waals surface area (Å²) in [6.45, 7) is 7.41. The number of benzene rings is 1. The Morgan fingerprint density at radius 2 is 1.92 bits per heavy atom. The molecule has 38 heavy (non-hydrogen) atoms. The summed E-state index contributed by atoms with van der Waals surface area (Å²) in [4.78, 5) is 28.6. The van der Waals surface area contributed by atoms with Crippen LogP contribution in [-0.2, 0) is 28.1 Å². The average Bonchev–Trinajstić information content (AvgIpc) is 3.05. The highest BCUT2D eigenvalue weighted by molar-refractivity contribution is 7.52. The van der Waals surface area contributed by atoms with Crippen LogP contribution >= 0.6 is 7.75 Å². The Kier molecular flexibility index (Phi) is 9.02. The fraction of sp³-hybridized carbons (Fsp3) is 0.542. The molecule has 210 valence electrons. The van der Waals surface area contributed by atoms with E-state index >= 15 is 0 Å². The van der Waals surface area contributed by atoms with Crippen molar-refractivity contribution in [2.75, 3.05) is 19.5 Å². The lowest BCUT2D eigenvalue weighted by atomic mass is 9.89. The molecule has 0 amide bonds. The van der Waals surface area contributed by atoms with Gasteiger partial charge in [0.25, 0.3) is 0 Å². The first-order valence-corrected chi connectivity index (χ1v) is 13.5. The van der Waals surface area contributed by atoms with E-state index in [0.29, 0.717) is 0 Å². The minimum atomic E-state index is -4.25. The molecule has 1 aromatic carbocycles. The molecule has 0 radical (unpaired) electrons. The highest BCUT2D eigenvalue weighted by Crippen LogP contribution is 2.50. The third-order valence-corrected chi connectivity index (χ3v) is 7.71. The number of nitrogens with two attached hydrogens (primary N) is 1. The van der Waals surface area contributed by atoms with Gasteiger partial charge in [-0.25, -0.2) is 9.36 Å². The number of nitrogens with one attached hydrogen (secondary N) is 1. The van der Waals surface area contributed by atoms with Crippen molar-refractivity contribution in [2.24, 2.45) is 0 Å². The van der Waals surface area contributed by atoms with Gasteiger partial charge in [-0.3, -0.25) is 13.9 Å². The van der Waals surface area contributed by atoms with E-state index in [1.165, 1.54) is 33.2 Å². The summed E-state index contributed by atoms with van der Waals surface area (Å²) < 4.78 is 43.3. The molecule has 14 heteroatoms. The number of aliphatic hydroxyl groups excluding tert-OH is 1. The fourth-order valence-corrected chi connectivity index (χ4v) is 5.57. The van der Waals surface area contributed by atoms with E-state index in [-0.39, 0.29) is 11.6 Å². The molecule has 1 aliphatic rings. The smallest absolute Gasteiger partial charge is 0.459 e. The molecule has 0 spiro atoms. The third kappa shape index (κ3) is 6.42. The predicted molar refractivity (Wildman–Crippen MR) is 137 cm³/mol. The van der Waals surface area contributed by atoms with E-state index in [1.54, 1.807) is 51.1 Å². The Labute approximate surface area is 220 Å². The predicted octanol–water partition coefficient (Wildman–Crippen LogP) is 2.01. The zero-order valence-electron chi connectivity index (χ0n) is 22.2. The number of carbonyl (C=O) groups is 1. The number of aromatic nitrogens is 2. The van der Waals surface area contributed by atoms with Crippen LogP contribution in [0.3, 0.4) is 0 Å². The molecule has 0 unspecified atom stereocenters. The Morgan fingerprint density at radius 1 is 1.26 bits per heavy atom. The van der Waals surface area contributed by atoms with Gasteiger partial charge in [0.1, 0.15) is 34.9 Å². The van der Waals surface area contributed by atoms with Crippen molar-refractivity contribution in [3.05, 3.63) is 53.1 Å². The van der Waals surface area contributed by atoms with Crippen molar-refractivity contribution in [1.29, 1.82) is 0 Å². The van der Waals surface area contributed by atoms with Crippen LogP contribution in [-0.4, -0.2) is 63.8 Å². The second-order valence-corrected chi connectivity index (χ2v) is 11.3. The molecule has 3 rings (SSSR count). The first-order chi connectivity index (χ1) is 17.7. The molecule has 0 bridgehead atoms. The highest BCUT2D eigenvalue weighted by Gasteiger charge is 2.61. The molecule has 1 aromatic heterocycles. The number of rotatable bonds is 11. The van der Waals surface area contributed by atoms with Gasteiger partial charge in [-0.15, -0.1) is 0 Å². The molecule has 1 aliphatic heterocycles. The van der Waals surface area contributed by atoms with Gasteiger partial charge >= 0.3 is 19.4 Å².